The zero-order valence-corrected chi connectivity index (χ0v) is 7.23. The van der Waals surface area contributed by atoms with Gasteiger partial charge in [0.05, 0.1) is 0 Å². The predicted octanol–water partition coefficient (Wildman–Crippen LogP) is 1.16. The number of rotatable bonds is 4. The first kappa shape index (κ1) is 13.7. The fourth-order valence-electron chi connectivity index (χ4n) is 0.329. The molecule has 1 N–H and O–H groups in total. The highest BCUT2D eigenvalue weighted by Gasteiger charge is 1.94. The van der Waals surface area contributed by atoms with Crippen molar-refractivity contribution in [3.8, 4) is 0 Å². The van der Waals surface area contributed by atoms with Crippen molar-refractivity contribution in [2.75, 3.05) is 6.61 Å². The van der Waals surface area contributed by atoms with Crippen molar-refractivity contribution in [3.63, 3.8) is 0 Å². The summed E-state index contributed by atoms with van der Waals surface area (Å²) in [6, 6.07) is 0. The Morgan fingerprint density at radius 2 is 1.85 bits per heavy atom. The minimum Gasteiger partial charge on any atom is -0.478 e. The van der Waals surface area contributed by atoms with Gasteiger partial charge in [0.15, 0.2) is 0 Å². The Morgan fingerprint density at radius 1 is 1.31 bits per heavy atom. The van der Waals surface area contributed by atoms with Gasteiger partial charge in [-0.3, -0.25) is 0 Å². The van der Waals surface area contributed by atoms with Crippen molar-refractivity contribution in [1.29, 1.82) is 0 Å². The molecule has 4 heteroatoms. The van der Waals surface area contributed by atoms with Crippen LogP contribution < -0.4 is 0 Å². The molecule has 72 valence electrons. The molecule has 0 bridgehead atoms. The number of carboxylic acids is 1. The average molecular weight is 184 g/mol. The molecule has 0 unspecified atom stereocenters. The van der Waals surface area contributed by atoms with E-state index in [2.05, 4.69) is 24.5 Å². The summed E-state index contributed by atoms with van der Waals surface area (Å²) in [6.07, 6.45) is 2.95. The number of carbonyl (C=O) groups excluding carboxylic acids is 1. The molecule has 0 atom stereocenters. The van der Waals surface area contributed by atoms with Crippen LogP contribution in [0.1, 0.15) is 0 Å². The fraction of sp³-hybridized carbons (Fsp3) is 0.111. The second kappa shape index (κ2) is 10.2. The van der Waals surface area contributed by atoms with Gasteiger partial charge in [0, 0.05) is 12.2 Å². The van der Waals surface area contributed by atoms with Gasteiger partial charge in [-0.1, -0.05) is 12.7 Å². The lowest BCUT2D eigenvalue weighted by atomic mass is 10.5. The Kier molecular flexibility index (Phi) is 10.7. The van der Waals surface area contributed by atoms with Crippen molar-refractivity contribution >= 4 is 11.9 Å². The largest absolute Gasteiger partial charge is 0.478 e. The number of hydrogen-bond donors (Lipinski definition) is 1. The van der Waals surface area contributed by atoms with Crippen molar-refractivity contribution in [2.45, 2.75) is 0 Å². The minimum atomic E-state index is -1.18. The van der Waals surface area contributed by atoms with Gasteiger partial charge in [-0.2, -0.15) is 0 Å². The standard InChI is InChI=1S/C7H8O4.C2H4/c1-2-5-11-7(10)4-3-6(8)9;1-2/h2-4H,1,5H2,(H,8,9);1-2H2. The summed E-state index contributed by atoms with van der Waals surface area (Å²) in [5.41, 5.74) is 0. The van der Waals surface area contributed by atoms with E-state index in [-0.39, 0.29) is 6.61 Å². The van der Waals surface area contributed by atoms with E-state index in [0.29, 0.717) is 6.08 Å². The van der Waals surface area contributed by atoms with Gasteiger partial charge in [0.25, 0.3) is 0 Å². The van der Waals surface area contributed by atoms with Crippen molar-refractivity contribution < 1.29 is 19.4 Å². The quantitative estimate of drug-likeness (QED) is 0.404. The monoisotopic (exact) mass is 184 g/mol. The van der Waals surface area contributed by atoms with Crippen LogP contribution in [0.2, 0.25) is 0 Å². The topological polar surface area (TPSA) is 63.6 Å². The Balaban J connectivity index is 0. The molecule has 0 aliphatic carbocycles. The van der Waals surface area contributed by atoms with E-state index < -0.39 is 11.9 Å². The Labute approximate surface area is 76.8 Å². The molecule has 0 rings (SSSR count). The molecular formula is C9H12O4. The maximum Gasteiger partial charge on any atom is 0.331 e. The van der Waals surface area contributed by atoms with E-state index >= 15 is 0 Å². The Hall–Kier alpha value is -1.84. The highest BCUT2D eigenvalue weighted by Crippen LogP contribution is 1.81. The molecule has 0 aromatic heterocycles. The maximum atomic E-state index is 10.5. The molecular weight excluding hydrogens is 172 g/mol. The molecule has 4 nitrogen and oxygen atoms in total. The lowest BCUT2D eigenvalue weighted by Gasteiger charge is -1.93. The van der Waals surface area contributed by atoms with Crippen LogP contribution in [-0.4, -0.2) is 23.7 Å². The predicted molar refractivity (Wildman–Crippen MR) is 49.2 cm³/mol. The lowest BCUT2D eigenvalue weighted by Crippen LogP contribution is -2.01. The summed E-state index contributed by atoms with van der Waals surface area (Å²) >= 11 is 0. The SMILES string of the molecule is C=C.C=CCOC(=O)C=CC(=O)O. The van der Waals surface area contributed by atoms with Gasteiger partial charge in [-0.15, -0.1) is 13.2 Å². The fourth-order valence-corrected chi connectivity index (χ4v) is 0.329. The van der Waals surface area contributed by atoms with Gasteiger partial charge in [-0.25, -0.2) is 9.59 Å². The molecule has 0 saturated carbocycles. The van der Waals surface area contributed by atoms with Crippen LogP contribution in [0.15, 0.2) is 38.0 Å². The molecule has 0 fully saturated rings. The maximum absolute atomic E-state index is 10.5. The molecule has 0 aromatic carbocycles. The number of ether oxygens (including phenoxy) is 1. The second-order valence-corrected chi connectivity index (χ2v) is 1.59. The third-order valence-corrected chi connectivity index (χ3v) is 0.705. The molecule has 0 amide bonds. The molecule has 0 aliphatic heterocycles. The molecule has 0 aliphatic rings. The van der Waals surface area contributed by atoms with Crippen LogP contribution >= 0.6 is 0 Å². The summed E-state index contributed by atoms with van der Waals surface area (Å²) in [4.78, 5) is 20.3. The van der Waals surface area contributed by atoms with E-state index in [4.69, 9.17) is 5.11 Å². The number of hydrogen-bond acceptors (Lipinski definition) is 3. The van der Waals surface area contributed by atoms with Crippen molar-refractivity contribution in [3.05, 3.63) is 38.0 Å². The van der Waals surface area contributed by atoms with Crippen molar-refractivity contribution in [2.24, 2.45) is 0 Å². The van der Waals surface area contributed by atoms with Crippen LogP contribution in [0, 0.1) is 0 Å². The average Bonchev–Trinajstić information content (AvgIpc) is 2.14. The first-order chi connectivity index (χ1) is 6.16. The first-order valence-corrected chi connectivity index (χ1v) is 3.35. The van der Waals surface area contributed by atoms with E-state index in [1.165, 1.54) is 6.08 Å². The van der Waals surface area contributed by atoms with Crippen molar-refractivity contribution in [1.82, 2.24) is 0 Å². The van der Waals surface area contributed by atoms with Gasteiger partial charge >= 0.3 is 11.9 Å². The molecule has 0 aromatic rings. The van der Waals surface area contributed by atoms with Gasteiger partial charge in [-0.05, 0) is 0 Å². The van der Waals surface area contributed by atoms with Crippen LogP contribution in [0.3, 0.4) is 0 Å². The smallest absolute Gasteiger partial charge is 0.331 e. The van der Waals surface area contributed by atoms with Crippen LogP contribution in [0.5, 0.6) is 0 Å². The molecule has 13 heavy (non-hydrogen) atoms. The second-order valence-electron chi connectivity index (χ2n) is 1.59. The van der Waals surface area contributed by atoms with Crippen LogP contribution in [0.4, 0.5) is 0 Å². The lowest BCUT2D eigenvalue weighted by molar-refractivity contribution is -0.137. The molecule has 0 radical (unpaired) electrons. The third kappa shape index (κ3) is 13.2. The zero-order valence-electron chi connectivity index (χ0n) is 7.23. The minimum absolute atomic E-state index is 0.0861. The van der Waals surface area contributed by atoms with Gasteiger partial charge < -0.3 is 9.84 Å². The highest BCUT2D eigenvalue weighted by molar-refractivity contribution is 5.90. The number of carboxylic acid groups (broad SMARTS) is 1. The van der Waals surface area contributed by atoms with E-state index in [1.807, 2.05) is 0 Å². The van der Waals surface area contributed by atoms with E-state index in [0.717, 1.165) is 6.08 Å². The summed E-state index contributed by atoms with van der Waals surface area (Å²) < 4.78 is 4.43. The summed E-state index contributed by atoms with van der Waals surface area (Å²) in [6.45, 7) is 9.40. The first-order valence-electron chi connectivity index (χ1n) is 3.35. The zero-order chi connectivity index (χ0) is 10.7. The summed E-state index contributed by atoms with van der Waals surface area (Å²) in [7, 11) is 0. The van der Waals surface area contributed by atoms with Gasteiger partial charge in [0.1, 0.15) is 6.61 Å². The molecule has 0 saturated heterocycles. The summed E-state index contributed by atoms with van der Waals surface area (Å²) in [5, 5.41) is 8.07. The number of esters is 1. The third-order valence-electron chi connectivity index (χ3n) is 0.705. The summed E-state index contributed by atoms with van der Waals surface area (Å²) in [5.74, 6) is -1.87. The van der Waals surface area contributed by atoms with E-state index in [1.54, 1.807) is 0 Å². The number of aliphatic carboxylic acids is 1. The number of carbonyl (C=O) groups is 2. The molecule has 0 heterocycles. The van der Waals surface area contributed by atoms with Crippen LogP contribution in [-0.2, 0) is 14.3 Å². The Bertz CT molecular complexity index is 206. The van der Waals surface area contributed by atoms with Gasteiger partial charge in [0.2, 0.25) is 0 Å². The van der Waals surface area contributed by atoms with Crippen LogP contribution in [0.25, 0.3) is 0 Å². The molecule has 0 spiro atoms. The van der Waals surface area contributed by atoms with E-state index in [9.17, 15) is 9.59 Å². The highest BCUT2D eigenvalue weighted by atomic mass is 16.5. The normalized spacial score (nSPS) is 8.31. The Morgan fingerprint density at radius 3 is 2.23 bits per heavy atom.